The van der Waals surface area contributed by atoms with E-state index in [1.54, 1.807) is 6.07 Å². The Morgan fingerprint density at radius 2 is 1.89 bits per heavy atom. The number of anilines is 2. The first-order chi connectivity index (χ1) is 9.19. The van der Waals surface area contributed by atoms with Crippen molar-refractivity contribution in [3.05, 3.63) is 23.8 Å². The molecule has 0 radical (unpaired) electrons. The van der Waals surface area contributed by atoms with E-state index < -0.39 is 11.7 Å². The van der Waals surface area contributed by atoms with Crippen molar-refractivity contribution in [1.82, 2.24) is 4.90 Å². The van der Waals surface area contributed by atoms with Crippen LogP contribution in [-0.2, 0) is 4.79 Å². The van der Waals surface area contributed by atoms with Gasteiger partial charge in [0.25, 0.3) is 11.7 Å². The molecule has 2 aliphatic rings. The number of hydrogen-bond donors (Lipinski definition) is 1. The van der Waals surface area contributed by atoms with Crippen molar-refractivity contribution in [2.75, 3.05) is 42.9 Å². The molecule has 0 unspecified atom stereocenters. The topological polar surface area (TPSA) is 52.6 Å². The van der Waals surface area contributed by atoms with Gasteiger partial charge in [-0.25, -0.2) is 0 Å². The van der Waals surface area contributed by atoms with Crippen molar-refractivity contribution in [3.8, 4) is 0 Å². The highest BCUT2D eigenvalue weighted by molar-refractivity contribution is 6.51. The van der Waals surface area contributed by atoms with Crippen molar-refractivity contribution in [3.63, 3.8) is 0 Å². The first-order valence-electron chi connectivity index (χ1n) is 6.66. The number of piperazine rings is 1. The molecule has 5 nitrogen and oxygen atoms in total. The lowest BCUT2D eigenvalue weighted by molar-refractivity contribution is -0.112. The summed E-state index contributed by atoms with van der Waals surface area (Å²) in [5.74, 6) is -0.958. The third kappa shape index (κ3) is 2.10. The van der Waals surface area contributed by atoms with Crippen LogP contribution in [0.1, 0.15) is 17.3 Å². The molecule has 1 fully saturated rings. The molecule has 2 aliphatic heterocycles. The molecular formula is C14H17N3O2. The Hall–Kier alpha value is -1.88. The molecule has 0 spiro atoms. The highest BCUT2D eigenvalue weighted by atomic mass is 16.2. The number of benzene rings is 1. The van der Waals surface area contributed by atoms with Crippen LogP contribution in [0.3, 0.4) is 0 Å². The third-order valence-electron chi connectivity index (χ3n) is 3.89. The lowest BCUT2D eigenvalue weighted by Crippen LogP contribution is -2.46. The van der Waals surface area contributed by atoms with E-state index in [1.165, 1.54) is 0 Å². The Morgan fingerprint density at radius 1 is 1.16 bits per heavy atom. The molecule has 100 valence electrons. The van der Waals surface area contributed by atoms with Crippen molar-refractivity contribution < 1.29 is 9.59 Å². The molecule has 1 saturated heterocycles. The number of likely N-dealkylation sites (N-methyl/N-ethyl adjacent to an activating group) is 1. The van der Waals surface area contributed by atoms with Gasteiger partial charge in [0.05, 0.1) is 11.3 Å². The zero-order valence-corrected chi connectivity index (χ0v) is 11.0. The Labute approximate surface area is 112 Å². The normalized spacial score (nSPS) is 19.5. The number of hydrogen-bond acceptors (Lipinski definition) is 4. The predicted octanol–water partition coefficient (Wildman–Crippen LogP) is 0.963. The summed E-state index contributed by atoms with van der Waals surface area (Å²) >= 11 is 0. The molecule has 3 rings (SSSR count). The third-order valence-corrected chi connectivity index (χ3v) is 3.89. The van der Waals surface area contributed by atoms with Crippen LogP contribution in [0.25, 0.3) is 0 Å². The van der Waals surface area contributed by atoms with Gasteiger partial charge in [-0.2, -0.15) is 0 Å². The molecule has 5 heteroatoms. The number of rotatable bonds is 2. The summed E-state index contributed by atoms with van der Waals surface area (Å²) < 4.78 is 0. The summed E-state index contributed by atoms with van der Waals surface area (Å²) in [5.41, 5.74) is 2.20. The highest BCUT2D eigenvalue weighted by Gasteiger charge is 2.28. The number of nitrogens with zero attached hydrogens (tertiary/aromatic N) is 2. The SMILES string of the molecule is CCN1CCN(c2ccc3c(c2)NC(=O)C3=O)CC1. The van der Waals surface area contributed by atoms with Crippen LogP contribution < -0.4 is 10.2 Å². The van der Waals surface area contributed by atoms with Crippen molar-refractivity contribution in [1.29, 1.82) is 0 Å². The summed E-state index contributed by atoms with van der Waals surface area (Å²) in [6.45, 7) is 7.33. The van der Waals surface area contributed by atoms with E-state index in [4.69, 9.17) is 0 Å². The Balaban J connectivity index is 1.79. The quantitative estimate of drug-likeness (QED) is 0.804. The van der Waals surface area contributed by atoms with Gasteiger partial charge in [-0.05, 0) is 24.7 Å². The van der Waals surface area contributed by atoms with E-state index in [1.807, 2.05) is 12.1 Å². The van der Waals surface area contributed by atoms with E-state index in [9.17, 15) is 9.59 Å². The summed E-state index contributed by atoms with van der Waals surface area (Å²) in [6, 6.07) is 5.58. The average Bonchev–Trinajstić information content (AvgIpc) is 2.74. The minimum absolute atomic E-state index is 0.433. The number of nitrogens with one attached hydrogen (secondary N) is 1. The largest absolute Gasteiger partial charge is 0.369 e. The Bertz CT molecular complexity index is 533. The van der Waals surface area contributed by atoms with Crippen LogP contribution in [0.2, 0.25) is 0 Å². The fourth-order valence-electron chi connectivity index (χ4n) is 2.65. The fraction of sp³-hybridized carbons (Fsp3) is 0.429. The lowest BCUT2D eigenvalue weighted by Gasteiger charge is -2.35. The summed E-state index contributed by atoms with van der Waals surface area (Å²) in [7, 11) is 0. The van der Waals surface area contributed by atoms with Gasteiger partial charge in [0, 0.05) is 31.9 Å². The maximum Gasteiger partial charge on any atom is 0.296 e. The van der Waals surface area contributed by atoms with Gasteiger partial charge in [0.1, 0.15) is 0 Å². The van der Waals surface area contributed by atoms with E-state index in [2.05, 4.69) is 22.0 Å². The van der Waals surface area contributed by atoms with E-state index >= 15 is 0 Å². The predicted molar refractivity (Wildman–Crippen MR) is 73.7 cm³/mol. The highest BCUT2D eigenvalue weighted by Crippen LogP contribution is 2.28. The minimum Gasteiger partial charge on any atom is -0.369 e. The Kier molecular flexibility index (Phi) is 2.98. The average molecular weight is 259 g/mol. The van der Waals surface area contributed by atoms with E-state index in [-0.39, 0.29) is 0 Å². The minimum atomic E-state index is -0.525. The Morgan fingerprint density at radius 3 is 2.58 bits per heavy atom. The van der Waals surface area contributed by atoms with Gasteiger partial charge in [0.15, 0.2) is 0 Å². The molecule has 0 aliphatic carbocycles. The summed E-state index contributed by atoms with van der Waals surface area (Å²) in [6.07, 6.45) is 0. The first kappa shape index (κ1) is 12.2. The molecule has 2 heterocycles. The van der Waals surface area contributed by atoms with Crippen LogP contribution in [0.15, 0.2) is 18.2 Å². The summed E-state index contributed by atoms with van der Waals surface area (Å²) in [4.78, 5) is 27.6. The second-order valence-corrected chi connectivity index (χ2v) is 4.93. The van der Waals surface area contributed by atoms with Gasteiger partial charge >= 0.3 is 0 Å². The second-order valence-electron chi connectivity index (χ2n) is 4.93. The molecule has 0 atom stereocenters. The van der Waals surface area contributed by atoms with Gasteiger partial charge in [-0.15, -0.1) is 0 Å². The molecule has 0 aromatic heterocycles. The van der Waals surface area contributed by atoms with Crippen molar-refractivity contribution in [2.45, 2.75) is 6.92 Å². The number of Topliss-reactive ketones (excluding diaryl/α,β-unsaturated/α-hetero) is 1. The van der Waals surface area contributed by atoms with Crippen molar-refractivity contribution in [2.24, 2.45) is 0 Å². The molecule has 0 saturated carbocycles. The monoisotopic (exact) mass is 259 g/mol. The second kappa shape index (κ2) is 4.66. The molecule has 1 N–H and O–H groups in total. The van der Waals surface area contributed by atoms with E-state index in [0.29, 0.717) is 11.3 Å². The van der Waals surface area contributed by atoms with Crippen molar-refractivity contribution >= 4 is 23.1 Å². The zero-order valence-electron chi connectivity index (χ0n) is 11.0. The maximum absolute atomic E-state index is 11.5. The first-order valence-corrected chi connectivity index (χ1v) is 6.66. The standard InChI is InChI=1S/C14H17N3O2/c1-2-16-5-7-17(8-6-16)10-3-4-11-12(9-10)15-14(19)13(11)18/h3-4,9H,2,5-8H2,1H3,(H,15,18,19). The van der Waals surface area contributed by atoms with Crippen LogP contribution in [0.5, 0.6) is 0 Å². The van der Waals surface area contributed by atoms with Gasteiger partial charge in [-0.1, -0.05) is 6.92 Å². The van der Waals surface area contributed by atoms with Gasteiger partial charge in [0.2, 0.25) is 0 Å². The van der Waals surface area contributed by atoms with Gasteiger partial charge in [-0.3, -0.25) is 9.59 Å². The van der Waals surface area contributed by atoms with Gasteiger partial charge < -0.3 is 15.1 Å². The van der Waals surface area contributed by atoms with E-state index in [0.717, 1.165) is 38.4 Å². The van der Waals surface area contributed by atoms with Crippen LogP contribution in [0.4, 0.5) is 11.4 Å². The summed E-state index contributed by atoms with van der Waals surface area (Å²) in [5, 5.41) is 2.62. The number of carbonyl (C=O) groups is 2. The van der Waals surface area contributed by atoms with Crippen LogP contribution >= 0.6 is 0 Å². The number of carbonyl (C=O) groups excluding carboxylic acids is 2. The molecular weight excluding hydrogens is 242 g/mol. The lowest BCUT2D eigenvalue weighted by atomic mass is 10.1. The molecule has 1 amide bonds. The maximum atomic E-state index is 11.5. The fourth-order valence-corrected chi connectivity index (χ4v) is 2.65. The molecule has 1 aromatic carbocycles. The zero-order chi connectivity index (χ0) is 13.4. The molecule has 0 bridgehead atoms. The van der Waals surface area contributed by atoms with Crippen LogP contribution in [0, 0.1) is 0 Å². The smallest absolute Gasteiger partial charge is 0.296 e. The number of fused-ring (bicyclic) bond motifs is 1. The molecule has 19 heavy (non-hydrogen) atoms. The van der Waals surface area contributed by atoms with Crippen LogP contribution in [-0.4, -0.2) is 49.3 Å². The number of ketones is 1. The molecule has 1 aromatic rings. The number of amides is 1.